The molecule has 20 heavy (non-hydrogen) atoms. The second-order valence-electron chi connectivity index (χ2n) is 7.05. The van der Waals surface area contributed by atoms with Crippen molar-refractivity contribution in [3.05, 3.63) is 30.9 Å². The highest BCUT2D eigenvalue weighted by Gasteiger charge is 2.31. The van der Waals surface area contributed by atoms with Gasteiger partial charge in [-0.25, -0.2) is 9.67 Å². The number of nitrogens with zero attached hydrogens (tertiary/aromatic N) is 3. The molecule has 1 N–H and O–H groups in total. The van der Waals surface area contributed by atoms with E-state index in [9.17, 15) is 5.11 Å². The molecule has 1 aliphatic rings. The molecule has 4 nitrogen and oxygen atoms in total. The van der Waals surface area contributed by atoms with Crippen molar-refractivity contribution in [1.82, 2.24) is 14.8 Å². The Kier molecular flexibility index (Phi) is 4.14. The molecule has 1 aromatic rings. The van der Waals surface area contributed by atoms with Gasteiger partial charge in [-0.05, 0) is 30.1 Å². The van der Waals surface area contributed by atoms with Crippen LogP contribution in [0.3, 0.4) is 0 Å². The van der Waals surface area contributed by atoms with Crippen molar-refractivity contribution in [1.29, 1.82) is 0 Å². The Hall–Kier alpha value is -1.42. The van der Waals surface area contributed by atoms with Gasteiger partial charge < -0.3 is 5.11 Å². The molecule has 0 fully saturated rings. The molecular weight excluding hydrogens is 250 g/mol. The highest BCUT2D eigenvalue weighted by molar-refractivity contribution is 5.51. The maximum atomic E-state index is 10.7. The number of hydrogen-bond acceptors (Lipinski definition) is 3. The summed E-state index contributed by atoms with van der Waals surface area (Å²) in [6.07, 6.45) is 12.4. The molecule has 0 bridgehead atoms. The molecular formula is C16H25N3O. The lowest BCUT2D eigenvalue weighted by atomic mass is 9.76. The van der Waals surface area contributed by atoms with E-state index in [1.807, 2.05) is 20.8 Å². The lowest BCUT2D eigenvalue weighted by molar-refractivity contribution is 0.107. The number of aliphatic hydroxyl groups is 1. The van der Waals surface area contributed by atoms with Crippen molar-refractivity contribution >= 4 is 5.70 Å². The number of aliphatic hydroxyl groups excluding tert-OH is 1. The molecule has 1 aliphatic carbocycles. The van der Waals surface area contributed by atoms with Crippen molar-refractivity contribution < 1.29 is 5.11 Å². The average Bonchev–Trinajstić information content (AvgIpc) is 2.88. The van der Waals surface area contributed by atoms with E-state index in [2.05, 4.69) is 35.2 Å². The summed E-state index contributed by atoms with van der Waals surface area (Å²) in [5, 5.41) is 14.9. The fourth-order valence-electron chi connectivity index (χ4n) is 2.53. The molecule has 0 aromatic carbocycles. The highest BCUT2D eigenvalue weighted by atomic mass is 16.3. The van der Waals surface area contributed by atoms with E-state index in [0.29, 0.717) is 0 Å². The smallest absolute Gasteiger partial charge is 0.138 e. The Morgan fingerprint density at radius 3 is 2.65 bits per heavy atom. The third kappa shape index (κ3) is 3.37. The molecule has 0 aliphatic heterocycles. The quantitative estimate of drug-likeness (QED) is 0.861. The van der Waals surface area contributed by atoms with Gasteiger partial charge in [0, 0.05) is 0 Å². The molecule has 0 spiro atoms. The number of allylic oxidation sites excluding steroid dienone is 3. The standard InChI is InChI=1S/C16H25N3O/c1-15(2,3)14(20)13(19-12-17-11-18-19)10-16(4)8-6-5-7-9-16/h5-6,10-12,14,20H,7-9H2,1-4H3. The van der Waals surface area contributed by atoms with Crippen molar-refractivity contribution in [3.8, 4) is 0 Å². The predicted molar refractivity (Wildman–Crippen MR) is 80.9 cm³/mol. The van der Waals surface area contributed by atoms with E-state index in [0.717, 1.165) is 25.0 Å². The zero-order chi connectivity index (χ0) is 14.8. The van der Waals surface area contributed by atoms with Crippen LogP contribution in [0.15, 0.2) is 30.9 Å². The van der Waals surface area contributed by atoms with Crippen molar-refractivity contribution in [2.24, 2.45) is 10.8 Å². The van der Waals surface area contributed by atoms with Crippen molar-refractivity contribution in [2.75, 3.05) is 0 Å². The minimum atomic E-state index is -0.577. The van der Waals surface area contributed by atoms with Gasteiger partial charge in [0.05, 0.1) is 5.70 Å². The fraction of sp³-hybridized carbons (Fsp3) is 0.625. The summed E-state index contributed by atoms with van der Waals surface area (Å²) in [7, 11) is 0. The first-order valence-electron chi connectivity index (χ1n) is 7.23. The summed E-state index contributed by atoms with van der Waals surface area (Å²) >= 11 is 0. The van der Waals surface area contributed by atoms with Crippen LogP contribution < -0.4 is 0 Å². The third-order valence-electron chi connectivity index (χ3n) is 3.91. The van der Waals surface area contributed by atoms with Crippen LogP contribution in [0.5, 0.6) is 0 Å². The van der Waals surface area contributed by atoms with E-state index in [1.54, 1.807) is 11.0 Å². The Morgan fingerprint density at radius 1 is 1.40 bits per heavy atom. The number of aromatic nitrogens is 3. The van der Waals surface area contributed by atoms with Crippen LogP contribution in [0.25, 0.3) is 5.70 Å². The normalized spacial score (nSPS) is 25.8. The topological polar surface area (TPSA) is 50.9 Å². The lowest BCUT2D eigenvalue weighted by Gasteiger charge is -2.33. The molecule has 2 atom stereocenters. The summed E-state index contributed by atoms with van der Waals surface area (Å²) in [6.45, 7) is 8.34. The molecule has 0 saturated carbocycles. The summed E-state index contributed by atoms with van der Waals surface area (Å²) in [6, 6.07) is 0. The van der Waals surface area contributed by atoms with E-state index in [4.69, 9.17) is 0 Å². The Balaban J connectivity index is 2.39. The van der Waals surface area contributed by atoms with Gasteiger partial charge in [0.2, 0.25) is 0 Å². The first-order chi connectivity index (χ1) is 9.32. The van der Waals surface area contributed by atoms with E-state index in [-0.39, 0.29) is 10.8 Å². The van der Waals surface area contributed by atoms with E-state index >= 15 is 0 Å². The summed E-state index contributed by atoms with van der Waals surface area (Å²) in [5.41, 5.74) is 0.661. The largest absolute Gasteiger partial charge is 0.386 e. The molecule has 1 heterocycles. The van der Waals surface area contributed by atoms with Crippen LogP contribution in [0.2, 0.25) is 0 Å². The third-order valence-corrected chi connectivity index (χ3v) is 3.91. The maximum Gasteiger partial charge on any atom is 0.138 e. The lowest BCUT2D eigenvalue weighted by Crippen LogP contribution is -2.31. The van der Waals surface area contributed by atoms with Crippen LogP contribution in [-0.2, 0) is 0 Å². The number of rotatable bonds is 3. The van der Waals surface area contributed by atoms with Gasteiger partial charge in [-0.1, -0.05) is 45.9 Å². The molecule has 2 unspecified atom stereocenters. The monoisotopic (exact) mass is 275 g/mol. The van der Waals surface area contributed by atoms with Gasteiger partial charge in [0.25, 0.3) is 0 Å². The van der Waals surface area contributed by atoms with Crippen molar-refractivity contribution in [2.45, 2.75) is 53.1 Å². The highest BCUT2D eigenvalue weighted by Crippen LogP contribution is 2.37. The van der Waals surface area contributed by atoms with Crippen LogP contribution in [0.4, 0.5) is 0 Å². The molecule has 110 valence electrons. The Morgan fingerprint density at radius 2 is 2.15 bits per heavy atom. The van der Waals surface area contributed by atoms with Crippen LogP contribution in [-0.4, -0.2) is 26.0 Å². The molecule has 2 rings (SSSR count). The minimum absolute atomic E-state index is 0.0717. The predicted octanol–water partition coefficient (Wildman–Crippen LogP) is 3.27. The van der Waals surface area contributed by atoms with Gasteiger partial charge in [-0.2, -0.15) is 5.10 Å². The Bertz CT molecular complexity index is 496. The zero-order valence-electron chi connectivity index (χ0n) is 12.9. The second kappa shape index (κ2) is 5.52. The summed E-state index contributed by atoms with van der Waals surface area (Å²) in [4.78, 5) is 4.01. The minimum Gasteiger partial charge on any atom is -0.386 e. The molecule has 0 saturated heterocycles. The molecule has 0 radical (unpaired) electrons. The average molecular weight is 275 g/mol. The fourth-order valence-corrected chi connectivity index (χ4v) is 2.53. The SMILES string of the molecule is CC1(C=C(C(O)C(C)(C)C)n2cncn2)CC=CCC1. The van der Waals surface area contributed by atoms with Crippen LogP contribution >= 0.6 is 0 Å². The summed E-state index contributed by atoms with van der Waals surface area (Å²) in [5.74, 6) is 0. The van der Waals surface area contributed by atoms with E-state index < -0.39 is 6.10 Å². The maximum absolute atomic E-state index is 10.7. The van der Waals surface area contributed by atoms with Gasteiger partial charge in [0.1, 0.15) is 18.8 Å². The number of hydrogen-bond donors (Lipinski definition) is 1. The molecule has 0 amide bonds. The van der Waals surface area contributed by atoms with Gasteiger partial charge in [-0.3, -0.25) is 0 Å². The van der Waals surface area contributed by atoms with Gasteiger partial charge in [-0.15, -0.1) is 0 Å². The first kappa shape index (κ1) is 15.0. The molecule has 4 heteroatoms. The zero-order valence-corrected chi connectivity index (χ0v) is 12.9. The van der Waals surface area contributed by atoms with Gasteiger partial charge >= 0.3 is 0 Å². The van der Waals surface area contributed by atoms with Gasteiger partial charge in [0.15, 0.2) is 0 Å². The first-order valence-corrected chi connectivity index (χ1v) is 7.23. The van der Waals surface area contributed by atoms with Crippen molar-refractivity contribution in [3.63, 3.8) is 0 Å². The Labute approximate surface area is 121 Å². The van der Waals surface area contributed by atoms with E-state index in [1.165, 1.54) is 6.33 Å². The summed E-state index contributed by atoms with van der Waals surface area (Å²) < 4.78 is 1.69. The van der Waals surface area contributed by atoms with Crippen LogP contribution in [0, 0.1) is 10.8 Å². The second-order valence-corrected chi connectivity index (χ2v) is 7.05. The molecule has 1 aromatic heterocycles. The van der Waals surface area contributed by atoms with Crippen LogP contribution in [0.1, 0.15) is 47.0 Å².